The summed E-state index contributed by atoms with van der Waals surface area (Å²) in [7, 11) is 0. The van der Waals surface area contributed by atoms with Crippen LogP contribution in [0.3, 0.4) is 0 Å². The summed E-state index contributed by atoms with van der Waals surface area (Å²) in [6.45, 7) is 8.06. The van der Waals surface area contributed by atoms with Crippen LogP contribution in [0.4, 0.5) is 5.69 Å². The summed E-state index contributed by atoms with van der Waals surface area (Å²) in [4.78, 5) is 15.2. The zero-order valence-electron chi connectivity index (χ0n) is 17.2. The minimum Gasteiger partial charge on any atom is -0.456 e. The minimum absolute atomic E-state index is 0.305. The maximum absolute atomic E-state index is 13.0. The molecule has 1 spiro atoms. The highest BCUT2D eigenvalue weighted by molar-refractivity contribution is 9.10. The molecule has 2 heterocycles. The fourth-order valence-electron chi connectivity index (χ4n) is 4.58. The second-order valence-corrected chi connectivity index (χ2v) is 8.63. The number of esters is 1. The Balaban J connectivity index is 1.81. The third kappa shape index (κ3) is 2.61. The molecule has 0 saturated carbocycles. The van der Waals surface area contributed by atoms with E-state index >= 15 is 0 Å². The summed E-state index contributed by atoms with van der Waals surface area (Å²) in [6.07, 6.45) is 0. The maximum Gasteiger partial charge on any atom is 0.340 e. The van der Waals surface area contributed by atoms with E-state index in [1.165, 1.54) is 0 Å². The molecule has 0 aromatic heterocycles. The number of carbonyl (C=O) groups is 1. The van der Waals surface area contributed by atoms with Crippen LogP contribution >= 0.6 is 15.9 Å². The SMILES string of the molecule is CCN(CC)c1ccc2c(c1)Oc1ccc(Br)cc1C21OC(=O)c2cc(C)ccc21. The lowest BCUT2D eigenvalue weighted by molar-refractivity contribution is 0.0224. The topological polar surface area (TPSA) is 38.8 Å². The van der Waals surface area contributed by atoms with Gasteiger partial charge in [0.05, 0.1) is 5.56 Å². The molecule has 5 rings (SSSR count). The molecule has 4 nitrogen and oxygen atoms in total. The van der Waals surface area contributed by atoms with Crippen molar-refractivity contribution in [3.8, 4) is 11.5 Å². The van der Waals surface area contributed by atoms with Crippen LogP contribution in [0.2, 0.25) is 0 Å². The molecule has 0 radical (unpaired) electrons. The number of nitrogens with zero attached hydrogens (tertiary/aromatic N) is 1. The Morgan fingerprint density at radius 1 is 0.900 bits per heavy atom. The number of anilines is 1. The standard InChI is InChI=1S/C25H22BrNO3/c1-4-27(5-2)17-8-10-20-23(14-17)29-22-11-7-16(26)13-21(22)25(20)19-9-6-15(3)12-18(19)24(28)30-25/h6-14H,4-5H2,1-3H3. The summed E-state index contributed by atoms with van der Waals surface area (Å²) >= 11 is 3.57. The van der Waals surface area contributed by atoms with Crippen LogP contribution in [0.25, 0.3) is 0 Å². The first kappa shape index (κ1) is 19.2. The van der Waals surface area contributed by atoms with E-state index in [2.05, 4.69) is 46.8 Å². The van der Waals surface area contributed by atoms with Gasteiger partial charge in [0.1, 0.15) is 11.5 Å². The van der Waals surface area contributed by atoms with Crippen LogP contribution < -0.4 is 9.64 Å². The molecule has 1 unspecified atom stereocenters. The van der Waals surface area contributed by atoms with Crippen molar-refractivity contribution in [2.75, 3.05) is 18.0 Å². The average Bonchev–Trinajstić information content (AvgIpc) is 3.02. The van der Waals surface area contributed by atoms with Gasteiger partial charge in [-0.2, -0.15) is 0 Å². The molecular formula is C25H22BrNO3. The van der Waals surface area contributed by atoms with E-state index in [9.17, 15) is 4.79 Å². The Morgan fingerprint density at radius 3 is 2.43 bits per heavy atom. The lowest BCUT2D eigenvalue weighted by Crippen LogP contribution is -2.33. The Bertz CT molecular complexity index is 1190. The number of hydrogen-bond donors (Lipinski definition) is 0. The number of carbonyl (C=O) groups excluding carboxylic acids is 1. The van der Waals surface area contributed by atoms with Crippen LogP contribution in [-0.4, -0.2) is 19.1 Å². The van der Waals surface area contributed by atoms with E-state index in [1.54, 1.807) is 0 Å². The van der Waals surface area contributed by atoms with Crippen LogP contribution in [0.5, 0.6) is 11.5 Å². The maximum atomic E-state index is 13.0. The third-order valence-electron chi connectivity index (χ3n) is 6.03. The highest BCUT2D eigenvalue weighted by Gasteiger charge is 2.53. The molecule has 3 aromatic carbocycles. The number of fused-ring (bicyclic) bond motifs is 6. The summed E-state index contributed by atoms with van der Waals surface area (Å²) in [6, 6.07) is 18.0. The zero-order valence-corrected chi connectivity index (χ0v) is 18.7. The van der Waals surface area contributed by atoms with Gasteiger partial charge in [-0.3, -0.25) is 0 Å². The van der Waals surface area contributed by atoms with Crippen LogP contribution in [-0.2, 0) is 10.3 Å². The minimum atomic E-state index is -1.02. The molecule has 0 saturated heterocycles. The van der Waals surface area contributed by atoms with E-state index in [1.807, 2.05) is 49.4 Å². The predicted octanol–water partition coefficient (Wildman–Crippen LogP) is 6.17. The first-order valence-electron chi connectivity index (χ1n) is 10.2. The van der Waals surface area contributed by atoms with Gasteiger partial charge in [-0.05, 0) is 57.2 Å². The van der Waals surface area contributed by atoms with Crippen LogP contribution in [0.15, 0.2) is 59.1 Å². The third-order valence-corrected chi connectivity index (χ3v) is 6.53. The highest BCUT2D eigenvalue weighted by Crippen LogP contribution is 2.57. The Kier molecular flexibility index (Phi) is 4.40. The quantitative estimate of drug-likeness (QED) is 0.435. The molecule has 30 heavy (non-hydrogen) atoms. The lowest BCUT2D eigenvalue weighted by atomic mass is 9.77. The first-order chi connectivity index (χ1) is 14.5. The molecule has 2 aliphatic rings. The fraction of sp³-hybridized carbons (Fsp3) is 0.240. The van der Waals surface area contributed by atoms with Crippen molar-refractivity contribution < 1.29 is 14.3 Å². The molecule has 3 aromatic rings. The molecule has 5 heteroatoms. The molecule has 0 amide bonds. The molecule has 0 N–H and O–H groups in total. The molecule has 0 aliphatic carbocycles. The van der Waals surface area contributed by atoms with Crippen molar-refractivity contribution in [3.05, 3.63) is 86.9 Å². The van der Waals surface area contributed by atoms with Gasteiger partial charge in [0, 0.05) is 46.0 Å². The van der Waals surface area contributed by atoms with E-state index in [0.29, 0.717) is 11.3 Å². The first-order valence-corrected chi connectivity index (χ1v) is 11.0. The van der Waals surface area contributed by atoms with Crippen molar-refractivity contribution in [3.63, 3.8) is 0 Å². The Morgan fingerprint density at radius 2 is 1.67 bits per heavy atom. The smallest absolute Gasteiger partial charge is 0.340 e. The Hall–Kier alpha value is -2.79. The van der Waals surface area contributed by atoms with Gasteiger partial charge in [-0.1, -0.05) is 33.6 Å². The summed E-state index contributed by atoms with van der Waals surface area (Å²) < 4.78 is 13.5. The number of halogens is 1. The average molecular weight is 464 g/mol. The molecule has 2 aliphatic heterocycles. The second-order valence-electron chi connectivity index (χ2n) is 7.72. The zero-order chi connectivity index (χ0) is 21.0. The molecular weight excluding hydrogens is 442 g/mol. The monoisotopic (exact) mass is 463 g/mol. The number of ether oxygens (including phenoxy) is 2. The summed E-state index contributed by atoms with van der Waals surface area (Å²) in [5.74, 6) is 1.11. The Labute approximate surface area is 184 Å². The van der Waals surface area contributed by atoms with Crippen molar-refractivity contribution in [2.24, 2.45) is 0 Å². The van der Waals surface area contributed by atoms with Gasteiger partial charge in [0.25, 0.3) is 0 Å². The van der Waals surface area contributed by atoms with Gasteiger partial charge < -0.3 is 14.4 Å². The predicted molar refractivity (Wildman–Crippen MR) is 121 cm³/mol. The highest BCUT2D eigenvalue weighted by atomic mass is 79.9. The van der Waals surface area contributed by atoms with E-state index in [-0.39, 0.29) is 5.97 Å². The largest absolute Gasteiger partial charge is 0.456 e. The van der Waals surface area contributed by atoms with Crippen molar-refractivity contribution in [1.82, 2.24) is 0 Å². The van der Waals surface area contributed by atoms with Gasteiger partial charge in [0.2, 0.25) is 0 Å². The van der Waals surface area contributed by atoms with E-state index in [4.69, 9.17) is 9.47 Å². The van der Waals surface area contributed by atoms with Gasteiger partial charge in [0.15, 0.2) is 5.60 Å². The van der Waals surface area contributed by atoms with Crippen LogP contribution in [0.1, 0.15) is 46.5 Å². The van der Waals surface area contributed by atoms with Crippen LogP contribution in [0, 0.1) is 6.92 Å². The van der Waals surface area contributed by atoms with Crippen molar-refractivity contribution >= 4 is 27.6 Å². The number of rotatable bonds is 3. The summed E-state index contributed by atoms with van der Waals surface area (Å²) in [5.41, 5.74) is 4.24. The fourth-order valence-corrected chi connectivity index (χ4v) is 4.95. The van der Waals surface area contributed by atoms with E-state index in [0.717, 1.165) is 51.3 Å². The second kappa shape index (κ2) is 6.88. The number of aryl methyl sites for hydroxylation is 1. The number of benzene rings is 3. The van der Waals surface area contributed by atoms with Crippen molar-refractivity contribution in [2.45, 2.75) is 26.4 Å². The molecule has 0 bridgehead atoms. The van der Waals surface area contributed by atoms with Gasteiger partial charge >= 0.3 is 5.97 Å². The lowest BCUT2D eigenvalue weighted by Gasteiger charge is -2.37. The van der Waals surface area contributed by atoms with E-state index < -0.39 is 5.60 Å². The van der Waals surface area contributed by atoms with Gasteiger partial charge in [-0.15, -0.1) is 0 Å². The van der Waals surface area contributed by atoms with Crippen molar-refractivity contribution in [1.29, 1.82) is 0 Å². The molecule has 152 valence electrons. The summed E-state index contributed by atoms with van der Waals surface area (Å²) in [5, 5.41) is 0. The molecule has 1 atom stereocenters. The van der Waals surface area contributed by atoms with Gasteiger partial charge in [-0.25, -0.2) is 4.79 Å². The molecule has 0 fully saturated rings. The normalized spacial score (nSPS) is 18.3. The number of hydrogen-bond acceptors (Lipinski definition) is 4.